The summed E-state index contributed by atoms with van der Waals surface area (Å²) in [4.78, 5) is 39.4. The maximum atomic E-state index is 14.1. The molecule has 0 bridgehead atoms. The maximum absolute atomic E-state index is 14.1. The van der Waals surface area contributed by atoms with Crippen molar-refractivity contribution in [3.05, 3.63) is 64.6 Å². The summed E-state index contributed by atoms with van der Waals surface area (Å²) in [7, 11) is 1.52. The van der Waals surface area contributed by atoms with E-state index in [2.05, 4.69) is 5.32 Å². The Balaban J connectivity index is 1.49. The summed E-state index contributed by atoms with van der Waals surface area (Å²) in [5.41, 5.74) is 6.72. The molecule has 3 amide bonds. The van der Waals surface area contributed by atoms with Crippen molar-refractivity contribution in [2.75, 3.05) is 13.7 Å². The van der Waals surface area contributed by atoms with Gasteiger partial charge in [-0.3, -0.25) is 14.4 Å². The van der Waals surface area contributed by atoms with Gasteiger partial charge in [-0.15, -0.1) is 0 Å². The predicted octanol–water partition coefficient (Wildman–Crippen LogP) is 2.85. The molecular weight excluding hydrogens is 463 g/mol. The molecule has 0 saturated carbocycles. The first-order valence-corrected chi connectivity index (χ1v) is 11.1. The summed E-state index contributed by atoms with van der Waals surface area (Å²) in [6.07, 6.45) is 2.72. The fourth-order valence-electron chi connectivity index (χ4n) is 4.29. The number of carbonyl (C=O) groups is 3. The van der Waals surface area contributed by atoms with Crippen LogP contribution < -0.4 is 15.8 Å². The van der Waals surface area contributed by atoms with E-state index in [0.29, 0.717) is 36.0 Å². The molecule has 0 unspecified atom stereocenters. The lowest BCUT2D eigenvalue weighted by atomic mass is 10.1. The van der Waals surface area contributed by atoms with E-state index in [9.17, 15) is 18.8 Å². The van der Waals surface area contributed by atoms with E-state index in [-0.39, 0.29) is 41.1 Å². The zero-order valence-corrected chi connectivity index (χ0v) is 19.3. The Morgan fingerprint density at radius 1 is 1.26 bits per heavy atom. The number of rotatable bonds is 7. The van der Waals surface area contributed by atoms with Gasteiger partial charge in [-0.25, -0.2) is 4.39 Å². The minimum absolute atomic E-state index is 0.0173. The number of nitrogens with one attached hydrogen (secondary N) is 1. The molecule has 3 N–H and O–H groups in total. The van der Waals surface area contributed by atoms with Gasteiger partial charge in [-0.1, -0.05) is 23.7 Å². The van der Waals surface area contributed by atoms with Gasteiger partial charge in [0.05, 0.1) is 17.7 Å². The number of primary amides is 1. The molecule has 3 aromatic rings. The standard InChI is InChI=1S/C24H24ClFN4O4/c1-34-15-7-8-19-16(10-15)17(23(27)32)12-29(19)13-21(31)30-9-3-6-20(30)24(33)28-11-14-4-2-5-18(25)22(14)26/h2,4-5,7-8,10,12,20H,3,6,9,11,13H2,1H3,(H2,27,32)(H,28,33)/t20-/m0/s1. The van der Waals surface area contributed by atoms with Crippen LogP contribution in [0.5, 0.6) is 5.75 Å². The molecule has 1 saturated heterocycles. The van der Waals surface area contributed by atoms with Crippen molar-refractivity contribution in [2.45, 2.75) is 32.0 Å². The van der Waals surface area contributed by atoms with Crippen molar-refractivity contribution in [3.63, 3.8) is 0 Å². The van der Waals surface area contributed by atoms with Crippen LogP contribution in [0.2, 0.25) is 5.02 Å². The Morgan fingerprint density at radius 2 is 2.06 bits per heavy atom. The van der Waals surface area contributed by atoms with Crippen molar-refractivity contribution < 1.29 is 23.5 Å². The first kappa shape index (κ1) is 23.6. The number of fused-ring (bicyclic) bond motifs is 1. The minimum Gasteiger partial charge on any atom is -0.497 e. The van der Waals surface area contributed by atoms with E-state index >= 15 is 0 Å². The predicted molar refractivity (Wildman–Crippen MR) is 125 cm³/mol. The van der Waals surface area contributed by atoms with Crippen molar-refractivity contribution in [1.82, 2.24) is 14.8 Å². The summed E-state index contributed by atoms with van der Waals surface area (Å²) in [5, 5.41) is 3.27. The molecule has 2 heterocycles. The van der Waals surface area contributed by atoms with Crippen LogP contribution in [0.25, 0.3) is 10.9 Å². The van der Waals surface area contributed by atoms with Crippen LogP contribution in [0.3, 0.4) is 0 Å². The van der Waals surface area contributed by atoms with Crippen LogP contribution in [0, 0.1) is 5.82 Å². The Hall–Kier alpha value is -3.59. The largest absolute Gasteiger partial charge is 0.497 e. The van der Waals surface area contributed by atoms with Gasteiger partial charge in [0.15, 0.2) is 0 Å². The molecule has 0 radical (unpaired) electrons. The Bertz CT molecular complexity index is 1280. The summed E-state index contributed by atoms with van der Waals surface area (Å²) >= 11 is 5.80. The Labute approximate surface area is 200 Å². The SMILES string of the molecule is COc1ccc2c(c1)c(C(N)=O)cn2CC(=O)N1CCC[C@H]1C(=O)NCc1cccc(Cl)c1F. The Kier molecular flexibility index (Phi) is 6.74. The number of halogens is 2. The molecule has 1 aliphatic heterocycles. The molecule has 1 atom stereocenters. The van der Waals surface area contributed by atoms with Crippen LogP contribution in [0.15, 0.2) is 42.6 Å². The van der Waals surface area contributed by atoms with E-state index in [1.807, 2.05) is 0 Å². The first-order valence-electron chi connectivity index (χ1n) is 10.8. The van der Waals surface area contributed by atoms with Crippen LogP contribution in [0.4, 0.5) is 4.39 Å². The van der Waals surface area contributed by atoms with Gasteiger partial charge >= 0.3 is 0 Å². The second-order valence-corrected chi connectivity index (χ2v) is 8.50. The molecule has 1 aliphatic rings. The highest BCUT2D eigenvalue weighted by atomic mass is 35.5. The molecule has 8 nitrogen and oxygen atoms in total. The second-order valence-electron chi connectivity index (χ2n) is 8.09. The number of ether oxygens (including phenoxy) is 1. The summed E-state index contributed by atoms with van der Waals surface area (Å²) < 4.78 is 21.0. The van der Waals surface area contributed by atoms with Gasteiger partial charge in [-0.2, -0.15) is 0 Å². The summed E-state index contributed by atoms with van der Waals surface area (Å²) in [5.74, 6) is -1.26. The molecule has 34 heavy (non-hydrogen) atoms. The minimum atomic E-state index is -0.660. The number of hydrogen-bond donors (Lipinski definition) is 2. The molecule has 178 valence electrons. The number of carbonyl (C=O) groups excluding carboxylic acids is 3. The van der Waals surface area contributed by atoms with Crippen LogP contribution >= 0.6 is 11.6 Å². The van der Waals surface area contributed by atoms with E-state index in [1.54, 1.807) is 34.9 Å². The van der Waals surface area contributed by atoms with Crippen molar-refractivity contribution in [1.29, 1.82) is 0 Å². The normalized spacial score (nSPS) is 15.5. The third-order valence-electron chi connectivity index (χ3n) is 6.02. The number of benzene rings is 2. The smallest absolute Gasteiger partial charge is 0.250 e. The number of nitrogens with zero attached hydrogens (tertiary/aromatic N) is 2. The monoisotopic (exact) mass is 486 g/mol. The number of aromatic nitrogens is 1. The molecule has 1 fully saturated rings. The maximum Gasteiger partial charge on any atom is 0.250 e. The highest BCUT2D eigenvalue weighted by Crippen LogP contribution is 2.27. The van der Waals surface area contributed by atoms with Crippen molar-refractivity contribution in [2.24, 2.45) is 5.73 Å². The molecule has 2 aromatic carbocycles. The Morgan fingerprint density at radius 3 is 2.79 bits per heavy atom. The molecule has 0 aliphatic carbocycles. The number of likely N-dealkylation sites (tertiary alicyclic amines) is 1. The lowest BCUT2D eigenvalue weighted by Crippen LogP contribution is -2.46. The molecule has 4 rings (SSSR count). The third-order valence-corrected chi connectivity index (χ3v) is 6.31. The van der Waals surface area contributed by atoms with Crippen LogP contribution in [-0.4, -0.2) is 46.9 Å². The highest BCUT2D eigenvalue weighted by molar-refractivity contribution is 6.30. The quantitative estimate of drug-likeness (QED) is 0.535. The third kappa shape index (κ3) is 4.56. The number of nitrogens with two attached hydrogens (primary N) is 1. The number of methoxy groups -OCH3 is 1. The second kappa shape index (κ2) is 9.72. The fraction of sp³-hybridized carbons (Fsp3) is 0.292. The summed E-state index contributed by atoms with van der Waals surface area (Å²) in [6.45, 7) is 0.330. The zero-order valence-electron chi connectivity index (χ0n) is 18.5. The number of amides is 3. The van der Waals surface area contributed by atoms with Crippen LogP contribution in [-0.2, 0) is 22.7 Å². The summed E-state index contributed by atoms with van der Waals surface area (Å²) in [6, 6.07) is 9.10. The topological polar surface area (TPSA) is 107 Å². The van der Waals surface area contributed by atoms with Gasteiger partial charge in [0.25, 0.3) is 5.91 Å². The van der Waals surface area contributed by atoms with Crippen molar-refractivity contribution in [3.8, 4) is 5.75 Å². The first-order chi connectivity index (χ1) is 16.3. The van der Waals surface area contributed by atoms with Crippen molar-refractivity contribution >= 4 is 40.2 Å². The zero-order chi connectivity index (χ0) is 24.4. The van der Waals surface area contributed by atoms with E-state index in [1.165, 1.54) is 24.3 Å². The van der Waals surface area contributed by atoms with Gasteiger partial charge in [-0.05, 0) is 37.1 Å². The van der Waals surface area contributed by atoms with Gasteiger partial charge in [0.1, 0.15) is 24.2 Å². The van der Waals surface area contributed by atoms with Gasteiger partial charge in [0, 0.05) is 35.8 Å². The number of hydrogen-bond acceptors (Lipinski definition) is 4. The molecule has 10 heteroatoms. The van der Waals surface area contributed by atoms with E-state index in [0.717, 1.165) is 0 Å². The average Bonchev–Trinajstić information content (AvgIpc) is 3.45. The average molecular weight is 487 g/mol. The van der Waals surface area contributed by atoms with E-state index < -0.39 is 17.8 Å². The molecule has 1 aromatic heterocycles. The van der Waals surface area contributed by atoms with Crippen LogP contribution in [0.1, 0.15) is 28.8 Å². The lowest BCUT2D eigenvalue weighted by molar-refractivity contribution is -0.138. The molecular formula is C24H24ClFN4O4. The fourth-order valence-corrected chi connectivity index (χ4v) is 4.48. The lowest BCUT2D eigenvalue weighted by Gasteiger charge is -2.24. The molecule has 0 spiro atoms. The van der Waals surface area contributed by atoms with Gasteiger partial charge in [0.2, 0.25) is 11.8 Å². The van der Waals surface area contributed by atoms with E-state index in [4.69, 9.17) is 22.1 Å². The van der Waals surface area contributed by atoms with Gasteiger partial charge < -0.3 is 25.3 Å². The highest BCUT2D eigenvalue weighted by Gasteiger charge is 2.34.